The van der Waals surface area contributed by atoms with Crippen molar-refractivity contribution in [3.8, 4) is 0 Å². The van der Waals surface area contributed by atoms with Gasteiger partial charge in [-0.3, -0.25) is 4.98 Å². The second kappa shape index (κ2) is 4.93. The minimum atomic E-state index is 0.0316. The van der Waals surface area contributed by atoms with Crippen LogP contribution >= 0.6 is 0 Å². The Morgan fingerprint density at radius 1 is 1.50 bits per heavy atom. The molecule has 0 spiro atoms. The van der Waals surface area contributed by atoms with Crippen molar-refractivity contribution in [2.24, 2.45) is 0 Å². The van der Waals surface area contributed by atoms with Gasteiger partial charge in [-0.2, -0.15) is 0 Å². The first-order chi connectivity index (χ1) is 7.68. The fourth-order valence-electron chi connectivity index (χ4n) is 2.13. The van der Waals surface area contributed by atoms with E-state index in [2.05, 4.69) is 23.3 Å². The minimum absolute atomic E-state index is 0.0316. The molecule has 1 fully saturated rings. The van der Waals surface area contributed by atoms with Gasteiger partial charge in [0.1, 0.15) is 0 Å². The molecular weight excluding hydrogens is 200 g/mol. The molecule has 1 aliphatic heterocycles. The zero-order valence-corrected chi connectivity index (χ0v) is 10.1. The summed E-state index contributed by atoms with van der Waals surface area (Å²) in [5.41, 5.74) is 2.20. The van der Waals surface area contributed by atoms with E-state index >= 15 is 0 Å². The Morgan fingerprint density at radius 2 is 2.38 bits per heavy atom. The topological polar surface area (TPSA) is 34.1 Å². The van der Waals surface area contributed by atoms with Crippen molar-refractivity contribution < 1.29 is 4.74 Å². The Balaban J connectivity index is 1.79. The van der Waals surface area contributed by atoms with Gasteiger partial charge in [0.15, 0.2) is 0 Å². The molecule has 1 N–H and O–H groups in total. The SMILES string of the molecule is Cc1cccc(CNCC2(C)CCCO2)n1. The first kappa shape index (κ1) is 11.6. The molecule has 16 heavy (non-hydrogen) atoms. The van der Waals surface area contributed by atoms with Crippen LogP contribution in [-0.2, 0) is 11.3 Å². The zero-order chi connectivity index (χ0) is 11.4. The molecule has 3 nitrogen and oxygen atoms in total. The van der Waals surface area contributed by atoms with Crippen LogP contribution in [0.25, 0.3) is 0 Å². The van der Waals surface area contributed by atoms with E-state index in [-0.39, 0.29) is 5.60 Å². The molecular formula is C13H20N2O. The normalized spacial score (nSPS) is 24.9. The van der Waals surface area contributed by atoms with Crippen LogP contribution in [0.4, 0.5) is 0 Å². The van der Waals surface area contributed by atoms with Gasteiger partial charge in [0.25, 0.3) is 0 Å². The lowest BCUT2D eigenvalue weighted by Gasteiger charge is -2.23. The number of hydrogen-bond donors (Lipinski definition) is 1. The molecule has 88 valence electrons. The third-order valence-corrected chi connectivity index (χ3v) is 3.05. The number of ether oxygens (including phenoxy) is 1. The number of nitrogens with zero attached hydrogens (tertiary/aromatic N) is 1. The lowest BCUT2D eigenvalue weighted by atomic mass is 10.0. The van der Waals surface area contributed by atoms with Gasteiger partial charge in [-0.25, -0.2) is 0 Å². The molecule has 0 aliphatic carbocycles. The maximum absolute atomic E-state index is 5.72. The van der Waals surface area contributed by atoms with Crippen molar-refractivity contribution in [1.29, 1.82) is 0 Å². The fourth-order valence-corrected chi connectivity index (χ4v) is 2.13. The summed E-state index contributed by atoms with van der Waals surface area (Å²) in [5, 5.41) is 3.42. The van der Waals surface area contributed by atoms with E-state index in [1.165, 1.54) is 6.42 Å². The Labute approximate surface area is 97.2 Å². The summed E-state index contributed by atoms with van der Waals surface area (Å²) in [7, 11) is 0. The van der Waals surface area contributed by atoms with Gasteiger partial charge in [-0.15, -0.1) is 0 Å². The van der Waals surface area contributed by atoms with Gasteiger partial charge in [-0.05, 0) is 38.8 Å². The summed E-state index contributed by atoms with van der Waals surface area (Å²) in [5.74, 6) is 0. The highest BCUT2D eigenvalue weighted by Gasteiger charge is 2.28. The highest BCUT2D eigenvalue weighted by atomic mass is 16.5. The van der Waals surface area contributed by atoms with Gasteiger partial charge in [0.2, 0.25) is 0 Å². The van der Waals surface area contributed by atoms with Gasteiger partial charge in [0, 0.05) is 25.4 Å². The molecule has 1 saturated heterocycles. The molecule has 2 rings (SSSR count). The molecule has 1 aliphatic rings. The van der Waals surface area contributed by atoms with Crippen molar-refractivity contribution in [2.75, 3.05) is 13.2 Å². The van der Waals surface area contributed by atoms with Gasteiger partial charge in [-0.1, -0.05) is 6.07 Å². The smallest absolute Gasteiger partial charge is 0.0779 e. The van der Waals surface area contributed by atoms with Gasteiger partial charge >= 0.3 is 0 Å². The molecule has 0 aromatic carbocycles. The van der Waals surface area contributed by atoms with Crippen LogP contribution < -0.4 is 5.32 Å². The van der Waals surface area contributed by atoms with Crippen molar-refractivity contribution in [2.45, 2.75) is 38.8 Å². The summed E-state index contributed by atoms with van der Waals surface area (Å²) in [6.45, 7) is 6.83. The molecule has 1 atom stereocenters. The summed E-state index contributed by atoms with van der Waals surface area (Å²) >= 11 is 0. The van der Waals surface area contributed by atoms with E-state index < -0.39 is 0 Å². The van der Waals surface area contributed by atoms with Crippen LogP contribution in [0.3, 0.4) is 0 Å². The quantitative estimate of drug-likeness (QED) is 0.843. The molecule has 1 aromatic rings. The summed E-state index contributed by atoms with van der Waals surface area (Å²) in [6, 6.07) is 6.12. The number of pyridine rings is 1. The first-order valence-corrected chi connectivity index (χ1v) is 5.95. The number of aryl methyl sites for hydroxylation is 1. The summed E-state index contributed by atoms with van der Waals surface area (Å²) in [4.78, 5) is 4.46. The van der Waals surface area contributed by atoms with Crippen LogP contribution in [0.5, 0.6) is 0 Å². The van der Waals surface area contributed by atoms with Crippen LogP contribution in [0.1, 0.15) is 31.2 Å². The molecule has 0 radical (unpaired) electrons. The van der Waals surface area contributed by atoms with E-state index in [0.717, 1.165) is 37.5 Å². The van der Waals surface area contributed by atoms with E-state index in [9.17, 15) is 0 Å². The Morgan fingerprint density at radius 3 is 3.06 bits per heavy atom. The standard InChI is InChI=1S/C13H20N2O/c1-11-5-3-6-12(15-11)9-14-10-13(2)7-4-8-16-13/h3,5-6,14H,4,7-10H2,1-2H3. The molecule has 3 heteroatoms. The predicted octanol–water partition coefficient (Wildman–Crippen LogP) is 2.05. The maximum atomic E-state index is 5.72. The predicted molar refractivity (Wildman–Crippen MR) is 64.3 cm³/mol. The average Bonchev–Trinajstić information content (AvgIpc) is 2.65. The second-order valence-corrected chi connectivity index (χ2v) is 4.78. The molecule has 0 amide bonds. The monoisotopic (exact) mass is 220 g/mol. The molecule has 2 heterocycles. The number of nitrogens with one attached hydrogen (secondary N) is 1. The van der Waals surface area contributed by atoms with Crippen LogP contribution in [-0.4, -0.2) is 23.7 Å². The largest absolute Gasteiger partial charge is 0.374 e. The van der Waals surface area contributed by atoms with E-state index in [1.807, 2.05) is 19.1 Å². The molecule has 0 bridgehead atoms. The molecule has 1 unspecified atom stereocenters. The average molecular weight is 220 g/mol. The summed E-state index contributed by atoms with van der Waals surface area (Å²) < 4.78 is 5.72. The van der Waals surface area contributed by atoms with Crippen molar-refractivity contribution in [3.05, 3.63) is 29.6 Å². The molecule has 1 aromatic heterocycles. The van der Waals surface area contributed by atoms with E-state index in [0.29, 0.717) is 0 Å². The number of hydrogen-bond acceptors (Lipinski definition) is 3. The van der Waals surface area contributed by atoms with Gasteiger partial charge < -0.3 is 10.1 Å². The Bertz CT molecular complexity index is 346. The zero-order valence-electron chi connectivity index (χ0n) is 10.1. The highest BCUT2D eigenvalue weighted by molar-refractivity contribution is 5.09. The van der Waals surface area contributed by atoms with E-state index in [4.69, 9.17) is 4.74 Å². The van der Waals surface area contributed by atoms with E-state index in [1.54, 1.807) is 0 Å². The number of aromatic nitrogens is 1. The second-order valence-electron chi connectivity index (χ2n) is 4.78. The van der Waals surface area contributed by atoms with Crippen molar-refractivity contribution in [1.82, 2.24) is 10.3 Å². The number of rotatable bonds is 4. The first-order valence-electron chi connectivity index (χ1n) is 5.95. The lowest BCUT2D eigenvalue weighted by Crippen LogP contribution is -2.36. The van der Waals surface area contributed by atoms with Crippen LogP contribution in [0.15, 0.2) is 18.2 Å². The Kier molecular flexibility index (Phi) is 3.56. The highest BCUT2D eigenvalue weighted by Crippen LogP contribution is 2.23. The van der Waals surface area contributed by atoms with Crippen molar-refractivity contribution >= 4 is 0 Å². The maximum Gasteiger partial charge on any atom is 0.0779 e. The third kappa shape index (κ3) is 3.03. The van der Waals surface area contributed by atoms with Gasteiger partial charge in [0.05, 0.1) is 11.3 Å². The van der Waals surface area contributed by atoms with Crippen LogP contribution in [0, 0.1) is 6.92 Å². The fraction of sp³-hybridized carbons (Fsp3) is 0.615. The van der Waals surface area contributed by atoms with Crippen LogP contribution in [0.2, 0.25) is 0 Å². The Hall–Kier alpha value is -0.930. The summed E-state index contributed by atoms with van der Waals surface area (Å²) in [6.07, 6.45) is 2.34. The minimum Gasteiger partial charge on any atom is -0.374 e. The lowest BCUT2D eigenvalue weighted by molar-refractivity contribution is 0.0206. The molecule has 0 saturated carbocycles. The van der Waals surface area contributed by atoms with Crippen molar-refractivity contribution in [3.63, 3.8) is 0 Å². The third-order valence-electron chi connectivity index (χ3n) is 3.05.